The SMILES string of the molecule is COc1ncc(-c2nc(N3CCOCC3)nc3c(CN4CCC(N5CCCC5C)C4)c(C)sc23)cc1N. The van der Waals surface area contributed by atoms with Gasteiger partial charge < -0.3 is 20.1 Å². The van der Waals surface area contributed by atoms with Crippen molar-refractivity contribution in [2.45, 2.75) is 51.7 Å². The van der Waals surface area contributed by atoms with Crippen molar-refractivity contribution in [3.05, 3.63) is 22.7 Å². The van der Waals surface area contributed by atoms with E-state index in [9.17, 15) is 0 Å². The Hall–Kier alpha value is -2.53. The third kappa shape index (κ3) is 4.76. The van der Waals surface area contributed by atoms with E-state index in [4.69, 9.17) is 25.2 Å². The first-order valence-corrected chi connectivity index (χ1v) is 14.2. The third-order valence-electron chi connectivity index (χ3n) is 8.16. The van der Waals surface area contributed by atoms with Crippen LogP contribution in [0.3, 0.4) is 0 Å². The van der Waals surface area contributed by atoms with Crippen molar-refractivity contribution in [3.8, 4) is 17.1 Å². The van der Waals surface area contributed by atoms with Crippen LogP contribution in [0.25, 0.3) is 21.5 Å². The van der Waals surface area contributed by atoms with Gasteiger partial charge in [-0.3, -0.25) is 9.80 Å². The van der Waals surface area contributed by atoms with Crippen LogP contribution in [0.1, 0.15) is 36.6 Å². The number of hydrogen-bond acceptors (Lipinski definition) is 10. The van der Waals surface area contributed by atoms with E-state index in [1.54, 1.807) is 24.6 Å². The topological polar surface area (TPSA) is 92.9 Å². The average Bonchev–Trinajstić information content (AvgIpc) is 3.63. The summed E-state index contributed by atoms with van der Waals surface area (Å²) in [6, 6.07) is 3.30. The number of aryl methyl sites for hydroxylation is 1. The summed E-state index contributed by atoms with van der Waals surface area (Å²) >= 11 is 1.78. The molecule has 3 aromatic heterocycles. The Morgan fingerprint density at radius 2 is 2.00 bits per heavy atom. The summed E-state index contributed by atoms with van der Waals surface area (Å²) in [6.45, 7) is 12.0. The Bertz CT molecular complexity index is 1280. The first kappa shape index (κ1) is 24.8. The van der Waals surface area contributed by atoms with Crippen molar-refractivity contribution in [2.24, 2.45) is 0 Å². The van der Waals surface area contributed by atoms with Gasteiger partial charge in [-0.05, 0) is 45.7 Å². The largest absolute Gasteiger partial charge is 0.480 e. The number of hydrogen-bond donors (Lipinski definition) is 1. The molecule has 2 N–H and O–H groups in total. The zero-order valence-electron chi connectivity index (χ0n) is 22.1. The van der Waals surface area contributed by atoms with Crippen molar-refractivity contribution < 1.29 is 9.47 Å². The molecule has 3 aromatic rings. The molecule has 0 amide bonds. The molecule has 6 heterocycles. The van der Waals surface area contributed by atoms with Crippen molar-refractivity contribution in [3.63, 3.8) is 0 Å². The van der Waals surface area contributed by atoms with Gasteiger partial charge in [0.15, 0.2) is 0 Å². The second kappa shape index (κ2) is 10.3. The highest BCUT2D eigenvalue weighted by atomic mass is 32.1. The van der Waals surface area contributed by atoms with Gasteiger partial charge in [0.2, 0.25) is 11.8 Å². The molecule has 0 bridgehead atoms. The highest BCUT2D eigenvalue weighted by Gasteiger charge is 2.33. The number of likely N-dealkylation sites (tertiary alicyclic amines) is 2. The van der Waals surface area contributed by atoms with Gasteiger partial charge in [-0.25, -0.2) is 15.0 Å². The van der Waals surface area contributed by atoms with Gasteiger partial charge >= 0.3 is 0 Å². The molecule has 0 radical (unpaired) electrons. The Labute approximate surface area is 222 Å². The molecule has 10 heteroatoms. The highest BCUT2D eigenvalue weighted by Crippen LogP contribution is 2.39. The smallest absolute Gasteiger partial charge is 0.236 e. The lowest BCUT2D eigenvalue weighted by molar-refractivity contribution is 0.122. The van der Waals surface area contributed by atoms with E-state index in [0.717, 1.165) is 60.1 Å². The fraction of sp³-hybridized carbons (Fsp3) is 0.593. The van der Waals surface area contributed by atoms with Crippen molar-refractivity contribution in [2.75, 3.05) is 63.7 Å². The molecule has 0 spiro atoms. The maximum Gasteiger partial charge on any atom is 0.236 e. The lowest BCUT2D eigenvalue weighted by Crippen LogP contribution is -2.39. The number of methoxy groups -OCH3 is 1. The number of pyridine rings is 1. The quantitative estimate of drug-likeness (QED) is 0.521. The summed E-state index contributed by atoms with van der Waals surface area (Å²) in [5, 5.41) is 0. The third-order valence-corrected chi connectivity index (χ3v) is 9.31. The Morgan fingerprint density at radius 1 is 1.16 bits per heavy atom. The number of ether oxygens (including phenoxy) is 2. The number of aromatic nitrogens is 3. The maximum absolute atomic E-state index is 6.25. The highest BCUT2D eigenvalue weighted by molar-refractivity contribution is 7.19. The van der Waals surface area contributed by atoms with Crippen LogP contribution in [0.2, 0.25) is 0 Å². The summed E-state index contributed by atoms with van der Waals surface area (Å²) in [5.41, 5.74) is 10.9. The molecule has 0 aliphatic carbocycles. The zero-order chi connectivity index (χ0) is 25.5. The van der Waals surface area contributed by atoms with Crippen LogP contribution in [0.15, 0.2) is 12.3 Å². The van der Waals surface area contributed by atoms with Crippen LogP contribution in [0.4, 0.5) is 11.6 Å². The predicted molar refractivity (Wildman–Crippen MR) is 148 cm³/mol. The Kier molecular flexibility index (Phi) is 6.91. The van der Waals surface area contributed by atoms with E-state index in [-0.39, 0.29) is 0 Å². The summed E-state index contributed by atoms with van der Waals surface area (Å²) in [4.78, 5) is 23.5. The number of morpholine rings is 1. The minimum absolute atomic E-state index is 0.432. The number of nitrogen functional groups attached to an aromatic ring is 1. The molecular formula is C27H37N7O2S. The maximum atomic E-state index is 6.25. The van der Waals surface area contributed by atoms with Gasteiger partial charge in [0.25, 0.3) is 0 Å². The number of anilines is 2. The van der Waals surface area contributed by atoms with E-state index in [2.05, 4.69) is 33.5 Å². The van der Waals surface area contributed by atoms with Crippen LogP contribution >= 0.6 is 11.3 Å². The van der Waals surface area contributed by atoms with Crippen molar-refractivity contribution in [1.82, 2.24) is 24.8 Å². The lowest BCUT2D eigenvalue weighted by Gasteiger charge is -2.28. The standard InChI is InChI=1S/C27H37N7O2S/c1-17-5-4-7-34(17)20-6-8-32(15-20)16-21-18(2)37-25-23(19-13-22(28)26(35-3)29-14-19)30-27(31-24(21)25)33-9-11-36-12-10-33/h13-14,17,20H,4-12,15-16,28H2,1-3H3. The molecule has 6 rings (SSSR count). The van der Waals surface area contributed by atoms with Gasteiger partial charge in [0.05, 0.1) is 41.9 Å². The molecular weight excluding hydrogens is 486 g/mol. The van der Waals surface area contributed by atoms with Crippen molar-refractivity contribution in [1.29, 1.82) is 0 Å². The molecule has 9 nitrogen and oxygen atoms in total. The Morgan fingerprint density at radius 3 is 2.73 bits per heavy atom. The summed E-state index contributed by atoms with van der Waals surface area (Å²) < 4.78 is 12.0. The minimum atomic E-state index is 0.432. The molecule has 3 aliphatic heterocycles. The molecule has 0 saturated carbocycles. The van der Waals surface area contributed by atoms with E-state index < -0.39 is 0 Å². The number of nitrogens with zero attached hydrogens (tertiary/aromatic N) is 6. The second-order valence-corrected chi connectivity index (χ2v) is 11.7. The van der Waals surface area contributed by atoms with Gasteiger partial charge in [-0.15, -0.1) is 11.3 Å². The number of nitrogens with two attached hydrogens (primary N) is 1. The fourth-order valence-corrected chi connectivity index (χ4v) is 7.24. The van der Waals surface area contributed by atoms with Crippen LogP contribution in [0.5, 0.6) is 5.88 Å². The molecule has 3 saturated heterocycles. The van der Waals surface area contributed by atoms with Gasteiger partial charge in [-0.1, -0.05) is 0 Å². The summed E-state index contributed by atoms with van der Waals surface area (Å²) in [5.74, 6) is 1.19. The molecule has 0 aromatic carbocycles. The van der Waals surface area contributed by atoms with E-state index >= 15 is 0 Å². The fourth-order valence-electron chi connectivity index (χ4n) is 6.13. The van der Waals surface area contributed by atoms with Gasteiger partial charge in [-0.2, -0.15) is 0 Å². The Balaban J connectivity index is 1.37. The van der Waals surface area contributed by atoms with Gasteiger partial charge in [0, 0.05) is 67.0 Å². The molecule has 2 unspecified atom stereocenters. The van der Waals surface area contributed by atoms with Crippen molar-refractivity contribution >= 4 is 33.2 Å². The molecule has 3 aliphatic rings. The van der Waals surface area contributed by atoms with Crippen LogP contribution in [0, 0.1) is 6.92 Å². The van der Waals surface area contributed by atoms with Crippen LogP contribution in [-0.4, -0.2) is 89.9 Å². The predicted octanol–water partition coefficient (Wildman–Crippen LogP) is 3.55. The summed E-state index contributed by atoms with van der Waals surface area (Å²) in [6.07, 6.45) is 5.72. The molecule has 2 atom stereocenters. The first-order chi connectivity index (χ1) is 18.0. The zero-order valence-corrected chi connectivity index (χ0v) is 22.9. The van der Waals surface area contributed by atoms with Crippen LogP contribution in [-0.2, 0) is 11.3 Å². The molecule has 3 fully saturated rings. The minimum Gasteiger partial charge on any atom is -0.480 e. The van der Waals surface area contributed by atoms with E-state index in [0.29, 0.717) is 36.9 Å². The average molecular weight is 524 g/mol. The van der Waals surface area contributed by atoms with E-state index in [1.165, 1.54) is 36.2 Å². The number of rotatable bonds is 6. The number of thiophene rings is 1. The van der Waals surface area contributed by atoms with Gasteiger partial charge in [0.1, 0.15) is 0 Å². The molecule has 37 heavy (non-hydrogen) atoms. The van der Waals surface area contributed by atoms with Crippen LogP contribution < -0.4 is 15.4 Å². The monoisotopic (exact) mass is 523 g/mol. The molecule has 198 valence electrons. The normalized spacial score (nSPS) is 23.4. The van der Waals surface area contributed by atoms with E-state index in [1.807, 2.05) is 6.07 Å². The lowest BCUT2D eigenvalue weighted by atomic mass is 10.1. The number of fused-ring (bicyclic) bond motifs is 1. The first-order valence-electron chi connectivity index (χ1n) is 13.4. The summed E-state index contributed by atoms with van der Waals surface area (Å²) in [7, 11) is 1.58. The second-order valence-electron chi connectivity index (χ2n) is 10.5.